The van der Waals surface area contributed by atoms with E-state index in [4.69, 9.17) is 17.3 Å². The van der Waals surface area contributed by atoms with Gasteiger partial charge in [-0.2, -0.15) is 0 Å². The first-order chi connectivity index (χ1) is 9.82. The zero-order chi connectivity index (χ0) is 16.0. The standard InChI is InChI=1S/C14H18ClN3O3/c1-8(2)12(14(21)17-7-11(16)19)18-13(20)9-5-3-4-6-10(9)15/h3-6,8,12H,7H2,1-2H3,(H2,16,19)(H,17,21)(H,18,20)/t12-/m0/s1. The van der Waals surface area contributed by atoms with E-state index in [1.54, 1.807) is 38.1 Å². The van der Waals surface area contributed by atoms with Crippen LogP contribution in [0.5, 0.6) is 0 Å². The Hall–Kier alpha value is -2.08. The predicted molar refractivity (Wildman–Crippen MR) is 79.7 cm³/mol. The molecular weight excluding hydrogens is 294 g/mol. The normalized spacial score (nSPS) is 11.8. The van der Waals surface area contributed by atoms with Crippen LogP contribution in [0.2, 0.25) is 5.02 Å². The Morgan fingerprint density at radius 2 is 1.86 bits per heavy atom. The summed E-state index contributed by atoms with van der Waals surface area (Å²) < 4.78 is 0. The highest BCUT2D eigenvalue weighted by atomic mass is 35.5. The number of rotatable bonds is 6. The van der Waals surface area contributed by atoms with Gasteiger partial charge in [0, 0.05) is 0 Å². The van der Waals surface area contributed by atoms with Gasteiger partial charge in [0.1, 0.15) is 6.04 Å². The zero-order valence-electron chi connectivity index (χ0n) is 11.9. The third kappa shape index (κ3) is 5.07. The van der Waals surface area contributed by atoms with Crippen LogP contribution in [0.15, 0.2) is 24.3 Å². The molecule has 1 atom stereocenters. The van der Waals surface area contributed by atoms with Gasteiger partial charge in [-0.15, -0.1) is 0 Å². The highest BCUT2D eigenvalue weighted by molar-refractivity contribution is 6.33. The number of carbonyl (C=O) groups is 3. The molecule has 4 N–H and O–H groups in total. The molecule has 0 aliphatic heterocycles. The smallest absolute Gasteiger partial charge is 0.253 e. The summed E-state index contributed by atoms with van der Waals surface area (Å²) in [6.07, 6.45) is 0. The van der Waals surface area contributed by atoms with Crippen molar-refractivity contribution in [3.05, 3.63) is 34.9 Å². The molecule has 0 radical (unpaired) electrons. The van der Waals surface area contributed by atoms with E-state index < -0.39 is 23.8 Å². The van der Waals surface area contributed by atoms with Crippen molar-refractivity contribution in [1.82, 2.24) is 10.6 Å². The molecule has 0 heterocycles. The molecule has 6 nitrogen and oxygen atoms in total. The molecule has 0 spiro atoms. The van der Waals surface area contributed by atoms with Crippen LogP contribution in [0.25, 0.3) is 0 Å². The zero-order valence-corrected chi connectivity index (χ0v) is 12.6. The fourth-order valence-corrected chi connectivity index (χ4v) is 1.91. The second-order valence-corrected chi connectivity index (χ2v) is 5.27. The Bertz CT molecular complexity index is 546. The first kappa shape index (κ1) is 17.0. The van der Waals surface area contributed by atoms with Crippen molar-refractivity contribution in [2.45, 2.75) is 19.9 Å². The molecule has 0 saturated heterocycles. The molecular formula is C14H18ClN3O3. The molecule has 0 aromatic heterocycles. The van der Waals surface area contributed by atoms with Crippen molar-refractivity contribution in [1.29, 1.82) is 0 Å². The van der Waals surface area contributed by atoms with Crippen LogP contribution in [-0.2, 0) is 9.59 Å². The number of halogens is 1. The van der Waals surface area contributed by atoms with Crippen molar-refractivity contribution < 1.29 is 14.4 Å². The Morgan fingerprint density at radius 3 is 2.38 bits per heavy atom. The Balaban J connectivity index is 2.79. The second kappa shape index (κ2) is 7.64. The number of amides is 3. The second-order valence-electron chi connectivity index (χ2n) is 4.86. The van der Waals surface area contributed by atoms with Crippen molar-refractivity contribution >= 4 is 29.3 Å². The number of carbonyl (C=O) groups excluding carboxylic acids is 3. The minimum Gasteiger partial charge on any atom is -0.368 e. The van der Waals surface area contributed by atoms with Crippen molar-refractivity contribution in [3.8, 4) is 0 Å². The van der Waals surface area contributed by atoms with E-state index in [9.17, 15) is 14.4 Å². The van der Waals surface area contributed by atoms with Gasteiger partial charge in [-0.05, 0) is 18.1 Å². The number of benzene rings is 1. The first-order valence-electron chi connectivity index (χ1n) is 6.44. The van der Waals surface area contributed by atoms with Gasteiger partial charge in [0.15, 0.2) is 0 Å². The van der Waals surface area contributed by atoms with Gasteiger partial charge in [-0.25, -0.2) is 0 Å². The molecule has 0 unspecified atom stereocenters. The number of primary amides is 1. The van der Waals surface area contributed by atoms with Crippen LogP contribution in [0.4, 0.5) is 0 Å². The van der Waals surface area contributed by atoms with E-state index in [0.29, 0.717) is 5.02 Å². The molecule has 0 saturated carbocycles. The number of hydrogen-bond acceptors (Lipinski definition) is 3. The van der Waals surface area contributed by atoms with Gasteiger partial charge in [0.05, 0.1) is 17.1 Å². The summed E-state index contributed by atoms with van der Waals surface area (Å²) in [6.45, 7) is 3.28. The maximum Gasteiger partial charge on any atom is 0.253 e. The molecule has 7 heteroatoms. The van der Waals surface area contributed by atoms with E-state index in [1.165, 1.54) is 0 Å². The minimum absolute atomic E-state index is 0.163. The van der Waals surface area contributed by atoms with Gasteiger partial charge in [0.2, 0.25) is 11.8 Å². The molecule has 1 rings (SSSR count). The fraction of sp³-hybridized carbons (Fsp3) is 0.357. The van der Waals surface area contributed by atoms with E-state index in [1.807, 2.05) is 0 Å². The largest absolute Gasteiger partial charge is 0.368 e. The molecule has 21 heavy (non-hydrogen) atoms. The number of hydrogen-bond donors (Lipinski definition) is 3. The Morgan fingerprint density at radius 1 is 1.24 bits per heavy atom. The van der Waals surface area contributed by atoms with Gasteiger partial charge >= 0.3 is 0 Å². The summed E-state index contributed by atoms with van der Waals surface area (Å²) >= 11 is 5.94. The summed E-state index contributed by atoms with van der Waals surface area (Å²) in [5.74, 6) is -1.73. The van der Waals surface area contributed by atoms with Gasteiger partial charge < -0.3 is 16.4 Å². The Kier molecular flexibility index (Phi) is 6.17. The lowest BCUT2D eigenvalue weighted by Gasteiger charge is -2.21. The topological polar surface area (TPSA) is 101 Å². The summed E-state index contributed by atoms with van der Waals surface area (Å²) in [6, 6.07) is 5.76. The van der Waals surface area contributed by atoms with Crippen molar-refractivity contribution in [2.24, 2.45) is 11.7 Å². The lowest BCUT2D eigenvalue weighted by molar-refractivity contribution is -0.126. The van der Waals surface area contributed by atoms with Crippen LogP contribution < -0.4 is 16.4 Å². The quantitative estimate of drug-likeness (QED) is 0.720. The van der Waals surface area contributed by atoms with Crippen molar-refractivity contribution in [2.75, 3.05) is 6.54 Å². The maximum absolute atomic E-state index is 12.2. The van der Waals surface area contributed by atoms with E-state index in [-0.39, 0.29) is 18.0 Å². The summed E-state index contributed by atoms with van der Waals surface area (Å²) in [7, 11) is 0. The maximum atomic E-state index is 12.2. The summed E-state index contributed by atoms with van der Waals surface area (Å²) in [4.78, 5) is 34.8. The molecule has 0 aliphatic rings. The van der Waals surface area contributed by atoms with Gasteiger partial charge in [-0.1, -0.05) is 37.6 Å². The van der Waals surface area contributed by atoms with Gasteiger partial charge in [-0.3, -0.25) is 14.4 Å². The molecule has 0 fully saturated rings. The lowest BCUT2D eigenvalue weighted by Crippen LogP contribution is -2.51. The third-order valence-electron chi connectivity index (χ3n) is 2.79. The molecule has 0 bridgehead atoms. The van der Waals surface area contributed by atoms with E-state index in [2.05, 4.69) is 10.6 Å². The molecule has 3 amide bonds. The van der Waals surface area contributed by atoms with Crippen LogP contribution in [0.1, 0.15) is 24.2 Å². The number of nitrogens with two attached hydrogens (primary N) is 1. The van der Waals surface area contributed by atoms with E-state index >= 15 is 0 Å². The summed E-state index contributed by atoms with van der Waals surface area (Å²) in [5, 5.41) is 5.28. The first-order valence-corrected chi connectivity index (χ1v) is 6.82. The SMILES string of the molecule is CC(C)[C@H](NC(=O)c1ccccc1Cl)C(=O)NCC(N)=O. The lowest BCUT2D eigenvalue weighted by atomic mass is 10.0. The van der Waals surface area contributed by atoms with E-state index in [0.717, 1.165) is 0 Å². The number of nitrogens with one attached hydrogen (secondary N) is 2. The molecule has 1 aromatic rings. The highest BCUT2D eigenvalue weighted by Gasteiger charge is 2.25. The molecule has 0 aliphatic carbocycles. The van der Waals surface area contributed by atoms with Crippen LogP contribution in [0.3, 0.4) is 0 Å². The Labute approximate surface area is 128 Å². The minimum atomic E-state index is -0.784. The molecule has 114 valence electrons. The fourth-order valence-electron chi connectivity index (χ4n) is 1.68. The van der Waals surface area contributed by atoms with Crippen LogP contribution >= 0.6 is 11.6 Å². The van der Waals surface area contributed by atoms with Crippen LogP contribution in [-0.4, -0.2) is 30.3 Å². The third-order valence-corrected chi connectivity index (χ3v) is 3.12. The van der Waals surface area contributed by atoms with Gasteiger partial charge in [0.25, 0.3) is 5.91 Å². The highest BCUT2D eigenvalue weighted by Crippen LogP contribution is 2.15. The average molecular weight is 312 g/mol. The van der Waals surface area contributed by atoms with Crippen LogP contribution in [0, 0.1) is 5.92 Å². The predicted octanol–water partition coefficient (Wildman–Crippen LogP) is 0.696. The molecule has 1 aromatic carbocycles. The average Bonchev–Trinajstić information content (AvgIpc) is 2.42. The monoisotopic (exact) mass is 311 g/mol. The summed E-state index contributed by atoms with van der Waals surface area (Å²) in [5.41, 5.74) is 5.26. The van der Waals surface area contributed by atoms with Crippen molar-refractivity contribution in [3.63, 3.8) is 0 Å².